The Bertz CT molecular complexity index is 984. The molecule has 2 N–H and O–H groups in total. The summed E-state index contributed by atoms with van der Waals surface area (Å²) in [6.45, 7) is 8.08. The molecule has 0 aliphatic rings. The van der Waals surface area contributed by atoms with Gasteiger partial charge in [0.1, 0.15) is 16.3 Å². The molecule has 126 valence electrons. The number of hydrogen-bond acceptors (Lipinski definition) is 6. The molecule has 3 aromatic rings. The van der Waals surface area contributed by atoms with E-state index in [1.807, 2.05) is 27.7 Å². The third-order valence-corrected chi connectivity index (χ3v) is 5.84. The molecule has 0 unspecified atom stereocenters. The lowest BCUT2D eigenvalue weighted by Crippen LogP contribution is -2.27. The van der Waals surface area contributed by atoms with Crippen LogP contribution in [0.4, 0.5) is 0 Å². The normalized spacial score (nSPS) is 11.2. The van der Waals surface area contributed by atoms with Gasteiger partial charge in [-0.05, 0) is 33.3 Å². The standard InChI is InChI=1S/C16H18N4O2S2/c1-7-8(2)24-16-12(7)14(21)19-11(20-16)5-6-17-15(22)13-9(3)23-10(4)18-13/h5-6H2,1-4H3,(H,17,22)(H,19,20,21). The predicted molar refractivity (Wildman–Crippen MR) is 97.3 cm³/mol. The average molecular weight is 362 g/mol. The number of aryl methyl sites for hydroxylation is 4. The Labute approximate surface area is 147 Å². The summed E-state index contributed by atoms with van der Waals surface area (Å²) in [5.74, 6) is 0.392. The van der Waals surface area contributed by atoms with Crippen LogP contribution in [0.5, 0.6) is 0 Å². The molecule has 0 fully saturated rings. The van der Waals surface area contributed by atoms with Crippen LogP contribution in [0.2, 0.25) is 0 Å². The minimum Gasteiger partial charge on any atom is -0.350 e. The van der Waals surface area contributed by atoms with Gasteiger partial charge in [-0.2, -0.15) is 0 Å². The van der Waals surface area contributed by atoms with Gasteiger partial charge in [-0.1, -0.05) is 0 Å². The van der Waals surface area contributed by atoms with E-state index in [-0.39, 0.29) is 11.5 Å². The Morgan fingerprint density at radius 2 is 1.88 bits per heavy atom. The maximum Gasteiger partial charge on any atom is 0.271 e. The molecule has 0 radical (unpaired) electrons. The number of hydrogen-bond donors (Lipinski definition) is 2. The van der Waals surface area contributed by atoms with Gasteiger partial charge in [0.25, 0.3) is 11.5 Å². The summed E-state index contributed by atoms with van der Waals surface area (Å²) in [7, 11) is 0. The van der Waals surface area contributed by atoms with Gasteiger partial charge in [0, 0.05) is 22.7 Å². The molecule has 1 amide bonds. The van der Waals surface area contributed by atoms with Crippen molar-refractivity contribution in [1.82, 2.24) is 20.3 Å². The topological polar surface area (TPSA) is 87.7 Å². The van der Waals surface area contributed by atoms with Crippen LogP contribution in [0.15, 0.2) is 4.79 Å². The van der Waals surface area contributed by atoms with Crippen molar-refractivity contribution in [2.75, 3.05) is 6.54 Å². The smallest absolute Gasteiger partial charge is 0.271 e. The van der Waals surface area contributed by atoms with E-state index in [0.717, 1.165) is 25.2 Å². The highest BCUT2D eigenvalue weighted by atomic mass is 32.1. The van der Waals surface area contributed by atoms with Crippen LogP contribution in [-0.2, 0) is 6.42 Å². The lowest BCUT2D eigenvalue weighted by Gasteiger charge is -2.04. The van der Waals surface area contributed by atoms with Crippen molar-refractivity contribution in [2.24, 2.45) is 0 Å². The number of H-pyrrole nitrogens is 1. The lowest BCUT2D eigenvalue weighted by atomic mass is 10.2. The van der Waals surface area contributed by atoms with E-state index in [4.69, 9.17) is 0 Å². The molecule has 0 aliphatic carbocycles. The van der Waals surface area contributed by atoms with E-state index in [1.54, 1.807) is 0 Å². The van der Waals surface area contributed by atoms with E-state index in [9.17, 15) is 9.59 Å². The molecule has 6 nitrogen and oxygen atoms in total. The van der Waals surface area contributed by atoms with Crippen LogP contribution >= 0.6 is 22.7 Å². The zero-order valence-corrected chi connectivity index (χ0v) is 15.6. The quantitative estimate of drug-likeness (QED) is 0.747. The third-order valence-electron chi connectivity index (χ3n) is 3.85. The van der Waals surface area contributed by atoms with Crippen molar-refractivity contribution in [3.05, 3.63) is 42.2 Å². The highest BCUT2D eigenvalue weighted by molar-refractivity contribution is 7.18. The molecule has 0 saturated carbocycles. The molecule has 0 spiro atoms. The number of aromatic nitrogens is 3. The Morgan fingerprint density at radius 1 is 1.12 bits per heavy atom. The van der Waals surface area contributed by atoms with Crippen LogP contribution in [0.1, 0.15) is 36.6 Å². The first-order valence-corrected chi connectivity index (χ1v) is 9.21. The van der Waals surface area contributed by atoms with Crippen LogP contribution in [0, 0.1) is 27.7 Å². The molecule has 3 heterocycles. The molecule has 8 heteroatoms. The summed E-state index contributed by atoms with van der Waals surface area (Å²) >= 11 is 3.03. The third kappa shape index (κ3) is 3.11. The first-order chi connectivity index (χ1) is 11.4. The van der Waals surface area contributed by atoms with Gasteiger partial charge in [-0.15, -0.1) is 22.7 Å². The molecule has 0 atom stereocenters. The number of nitrogens with zero attached hydrogens (tertiary/aromatic N) is 2. The number of fused-ring (bicyclic) bond motifs is 1. The first kappa shape index (κ1) is 16.8. The monoisotopic (exact) mass is 362 g/mol. The molecule has 0 saturated heterocycles. The fraction of sp³-hybridized carbons (Fsp3) is 0.375. The van der Waals surface area contributed by atoms with E-state index in [1.165, 1.54) is 22.7 Å². The maximum absolute atomic E-state index is 12.2. The SMILES string of the molecule is Cc1nc(C(=O)NCCc2nc3sc(C)c(C)c3c(=O)[nH]2)c(C)s1. The van der Waals surface area contributed by atoms with E-state index < -0.39 is 0 Å². The van der Waals surface area contributed by atoms with Gasteiger partial charge in [0.2, 0.25) is 0 Å². The van der Waals surface area contributed by atoms with Crippen LogP contribution in [0.25, 0.3) is 10.2 Å². The van der Waals surface area contributed by atoms with Gasteiger partial charge >= 0.3 is 0 Å². The summed E-state index contributed by atoms with van der Waals surface area (Å²) in [6.07, 6.45) is 0.467. The van der Waals surface area contributed by atoms with Crippen molar-refractivity contribution in [3.63, 3.8) is 0 Å². The highest BCUT2D eigenvalue weighted by Crippen LogP contribution is 2.25. The molecule has 24 heavy (non-hydrogen) atoms. The number of rotatable bonds is 4. The fourth-order valence-corrected chi connectivity index (χ4v) is 4.40. The number of nitrogens with one attached hydrogen (secondary N) is 2. The second-order valence-corrected chi connectivity index (χ2v) is 8.23. The summed E-state index contributed by atoms with van der Waals surface area (Å²) in [5, 5.41) is 4.37. The Hall–Kier alpha value is -2.06. The molecule has 0 aromatic carbocycles. The highest BCUT2D eigenvalue weighted by Gasteiger charge is 2.14. The lowest BCUT2D eigenvalue weighted by molar-refractivity contribution is 0.0949. The van der Waals surface area contributed by atoms with E-state index in [0.29, 0.717) is 29.9 Å². The van der Waals surface area contributed by atoms with E-state index >= 15 is 0 Å². The molecule has 0 aliphatic heterocycles. The summed E-state index contributed by atoms with van der Waals surface area (Å²) in [4.78, 5) is 38.7. The van der Waals surface area contributed by atoms with Crippen LogP contribution < -0.4 is 10.9 Å². The zero-order valence-electron chi connectivity index (χ0n) is 13.9. The molecule has 0 bridgehead atoms. The van der Waals surface area contributed by atoms with Crippen molar-refractivity contribution < 1.29 is 4.79 Å². The van der Waals surface area contributed by atoms with E-state index in [2.05, 4.69) is 20.3 Å². The molecular formula is C16H18N4O2S2. The summed E-state index contributed by atoms with van der Waals surface area (Å²) in [5.41, 5.74) is 1.34. The largest absolute Gasteiger partial charge is 0.350 e. The Morgan fingerprint density at radius 3 is 2.54 bits per heavy atom. The molecule has 3 aromatic heterocycles. The van der Waals surface area contributed by atoms with Gasteiger partial charge in [-0.25, -0.2) is 9.97 Å². The van der Waals surface area contributed by atoms with Gasteiger partial charge in [0.15, 0.2) is 0 Å². The van der Waals surface area contributed by atoms with Gasteiger partial charge in [0.05, 0.1) is 10.4 Å². The average Bonchev–Trinajstić information content (AvgIpc) is 2.98. The van der Waals surface area contributed by atoms with Crippen molar-refractivity contribution >= 4 is 38.8 Å². The zero-order chi connectivity index (χ0) is 17.4. The predicted octanol–water partition coefficient (Wildman–Crippen LogP) is 2.65. The number of thiophene rings is 1. The second-order valence-electron chi connectivity index (χ2n) is 5.62. The van der Waals surface area contributed by atoms with Crippen molar-refractivity contribution in [2.45, 2.75) is 34.1 Å². The number of thiazole rings is 1. The van der Waals surface area contributed by atoms with Gasteiger partial charge < -0.3 is 10.3 Å². The Balaban J connectivity index is 1.71. The summed E-state index contributed by atoms with van der Waals surface area (Å²) in [6, 6.07) is 0. The fourth-order valence-electron chi connectivity index (χ4n) is 2.54. The minimum atomic E-state index is -0.192. The second kappa shape index (κ2) is 6.45. The number of carbonyl (C=O) groups excluding carboxylic acids is 1. The minimum absolute atomic E-state index is 0.117. The number of carbonyl (C=O) groups is 1. The maximum atomic E-state index is 12.2. The first-order valence-electron chi connectivity index (χ1n) is 7.58. The summed E-state index contributed by atoms with van der Waals surface area (Å²) < 4.78 is 0. The van der Waals surface area contributed by atoms with Gasteiger partial charge in [-0.3, -0.25) is 9.59 Å². The Kier molecular flexibility index (Phi) is 4.51. The number of amides is 1. The van der Waals surface area contributed by atoms with Crippen LogP contribution in [0.3, 0.4) is 0 Å². The van der Waals surface area contributed by atoms with Crippen LogP contribution in [-0.4, -0.2) is 27.4 Å². The van der Waals surface area contributed by atoms with Crippen molar-refractivity contribution in [3.8, 4) is 0 Å². The number of aromatic amines is 1. The molecular weight excluding hydrogens is 344 g/mol. The molecule has 3 rings (SSSR count). The van der Waals surface area contributed by atoms with Crippen molar-refractivity contribution in [1.29, 1.82) is 0 Å².